The summed E-state index contributed by atoms with van der Waals surface area (Å²) in [7, 11) is -2.68. The molecule has 1 heterocycles. The second-order valence-corrected chi connectivity index (χ2v) is 9.31. The van der Waals surface area contributed by atoms with Crippen molar-refractivity contribution in [1.82, 2.24) is 4.90 Å². The topological polar surface area (TPSA) is 96.3 Å². The molecule has 0 saturated carbocycles. The van der Waals surface area contributed by atoms with E-state index in [4.69, 9.17) is 19.3 Å². The Morgan fingerprint density at radius 3 is 2.32 bits per heavy atom. The van der Waals surface area contributed by atoms with Gasteiger partial charge in [0.05, 0.1) is 13.2 Å². The minimum Gasteiger partial charge on any atom is -0.383 e. The van der Waals surface area contributed by atoms with Crippen LogP contribution in [0.5, 0.6) is 0 Å². The summed E-state index contributed by atoms with van der Waals surface area (Å²) in [5.74, 6) is -0.336. The number of carbonyl (C=O) groups is 1. The van der Waals surface area contributed by atoms with Crippen molar-refractivity contribution in [3.63, 3.8) is 0 Å². The number of rotatable bonds is 9. The number of nitrogens with zero attached hydrogens (tertiary/aromatic N) is 1. The van der Waals surface area contributed by atoms with Crippen molar-refractivity contribution in [2.45, 2.75) is 5.66 Å². The molecule has 7 nitrogen and oxygen atoms in total. The Morgan fingerprint density at radius 1 is 1.25 bits per heavy atom. The fourth-order valence-corrected chi connectivity index (χ4v) is 5.35. The maximum Gasteiger partial charge on any atom is 0.400 e. The third kappa shape index (κ3) is 4.79. The molecule has 0 spiro atoms. The average Bonchev–Trinajstić information content (AvgIpc) is 2.97. The normalized spacial score (nSPS) is 12.5. The first-order valence-electron chi connectivity index (χ1n) is 7.97. The lowest BCUT2D eigenvalue weighted by Crippen LogP contribution is -2.36. The molecule has 156 valence electrons. The van der Waals surface area contributed by atoms with Gasteiger partial charge >= 0.3 is 13.3 Å². The van der Waals surface area contributed by atoms with Gasteiger partial charge in [-0.1, -0.05) is 0 Å². The third-order valence-corrected chi connectivity index (χ3v) is 7.36. The second-order valence-electron chi connectivity index (χ2n) is 5.82. The number of halogens is 3. The van der Waals surface area contributed by atoms with Crippen LogP contribution in [0, 0.1) is 0 Å². The second kappa shape index (κ2) is 9.25. The van der Waals surface area contributed by atoms with E-state index >= 15 is 0 Å². The van der Waals surface area contributed by atoms with Gasteiger partial charge in [-0.3, -0.25) is 9.36 Å². The van der Waals surface area contributed by atoms with Crippen molar-refractivity contribution in [3.8, 4) is 0 Å². The van der Waals surface area contributed by atoms with Crippen molar-refractivity contribution in [2.24, 2.45) is 0 Å². The molecule has 1 aromatic carbocycles. The number of fused-ring (bicyclic) bond motifs is 1. The van der Waals surface area contributed by atoms with Gasteiger partial charge in [-0.05, 0) is 34.1 Å². The van der Waals surface area contributed by atoms with Crippen LogP contribution in [0.2, 0.25) is 0 Å². The van der Waals surface area contributed by atoms with E-state index in [0.29, 0.717) is 42.3 Å². The maximum atomic E-state index is 14.1. The average molecular weight is 502 g/mol. The third-order valence-electron chi connectivity index (χ3n) is 3.93. The van der Waals surface area contributed by atoms with Gasteiger partial charge in [-0.15, -0.1) is 11.3 Å². The van der Waals surface area contributed by atoms with Gasteiger partial charge in [0.15, 0.2) is 0 Å². The van der Waals surface area contributed by atoms with E-state index in [9.17, 15) is 18.1 Å². The van der Waals surface area contributed by atoms with E-state index in [1.807, 2.05) is 0 Å². The molecule has 2 rings (SSSR count). The summed E-state index contributed by atoms with van der Waals surface area (Å²) < 4.78 is 49.7. The molecular formula is C16H19BrF2NO6PS. The number of hydrogen-bond donors (Lipinski definition) is 2. The number of benzene rings is 1. The molecule has 0 fully saturated rings. The number of amides is 1. The van der Waals surface area contributed by atoms with Crippen molar-refractivity contribution in [3.05, 3.63) is 33.1 Å². The number of ether oxygens (including phenoxy) is 2. The Labute approximate surface area is 172 Å². The number of thiophene rings is 1. The molecule has 0 atom stereocenters. The van der Waals surface area contributed by atoms with Crippen molar-refractivity contribution < 1.29 is 37.4 Å². The number of methoxy groups -OCH3 is 2. The van der Waals surface area contributed by atoms with Crippen LogP contribution >= 0.6 is 34.9 Å². The molecule has 0 aliphatic rings. The highest BCUT2D eigenvalue weighted by molar-refractivity contribution is 9.10. The van der Waals surface area contributed by atoms with Crippen LogP contribution in [-0.4, -0.2) is 61.1 Å². The van der Waals surface area contributed by atoms with Gasteiger partial charge in [0.25, 0.3) is 5.91 Å². The first-order chi connectivity index (χ1) is 13.0. The molecule has 2 aromatic rings. The molecule has 0 radical (unpaired) electrons. The van der Waals surface area contributed by atoms with Gasteiger partial charge in [-0.25, -0.2) is 0 Å². The Hall–Kier alpha value is -0.940. The molecule has 1 aromatic heterocycles. The Balaban J connectivity index is 2.44. The molecule has 0 saturated heterocycles. The molecular weight excluding hydrogens is 483 g/mol. The first kappa shape index (κ1) is 23.3. The van der Waals surface area contributed by atoms with Crippen LogP contribution in [-0.2, 0) is 19.7 Å². The van der Waals surface area contributed by atoms with Gasteiger partial charge in [0.1, 0.15) is 4.88 Å². The number of alkyl halides is 2. The molecule has 2 N–H and O–H groups in total. The van der Waals surface area contributed by atoms with Crippen molar-refractivity contribution in [2.75, 3.05) is 40.5 Å². The van der Waals surface area contributed by atoms with Crippen LogP contribution < -0.4 is 0 Å². The highest BCUT2D eigenvalue weighted by Crippen LogP contribution is 2.62. The predicted octanol–water partition coefficient (Wildman–Crippen LogP) is 3.63. The van der Waals surface area contributed by atoms with E-state index in [-0.39, 0.29) is 21.3 Å². The highest BCUT2D eigenvalue weighted by Gasteiger charge is 2.53. The van der Waals surface area contributed by atoms with Gasteiger partial charge in [-0.2, -0.15) is 8.78 Å². The number of carbonyl (C=O) groups excluding carboxylic acids is 1. The van der Waals surface area contributed by atoms with Gasteiger partial charge in [0, 0.05) is 47.4 Å². The summed E-state index contributed by atoms with van der Waals surface area (Å²) in [6, 6.07) is 4.38. The van der Waals surface area contributed by atoms with E-state index < -0.39 is 18.1 Å². The summed E-state index contributed by atoms with van der Waals surface area (Å²) in [6.07, 6.45) is 0. The molecule has 0 unspecified atom stereocenters. The zero-order valence-corrected chi connectivity index (χ0v) is 18.3. The van der Waals surface area contributed by atoms with Crippen LogP contribution in [0.3, 0.4) is 0 Å². The van der Waals surface area contributed by atoms with Crippen LogP contribution in [0.4, 0.5) is 8.78 Å². The lowest BCUT2D eigenvalue weighted by Gasteiger charge is -2.22. The van der Waals surface area contributed by atoms with Gasteiger partial charge < -0.3 is 24.2 Å². The Bertz CT molecular complexity index is 895. The molecule has 0 aliphatic heterocycles. The van der Waals surface area contributed by atoms with Crippen LogP contribution in [0.1, 0.15) is 15.2 Å². The molecule has 0 bridgehead atoms. The zero-order valence-electron chi connectivity index (χ0n) is 15.0. The SMILES string of the molecule is COCCN(CCOC)C(=O)c1ccc2sc(C(F)(F)P(=O)(O)O)c(Br)c2c1. The Morgan fingerprint density at radius 2 is 1.82 bits per heavy atom. The van der Waals surface area contributed by atoms with E-state index in [1.165, 1.54) is 37.3 Å². The minimum atomic E-state index is -5.70. The molecule has 1 amide bonds. The minimum absolute atomic E-state index is 0.143. The fourth-order valence-electron chi connectivity index (χ4n) is 2.43. The van der Waals surface area contributed by atoms with Crippen LogP contribution in [0.15, 0.2) is 22.7 Å². The molecule has 28 heavy (non-hydrogen) atoms. The molecule has 0 aliphatic carbocycles. The quantitative estimate of drug-likeness (QED) is 0.509. The first-order valence-corrected chi connectivity index (χ1v) is 11.2. The predicted molar refractivity (Wildman–Crippen MR) is 105 cm³/mol. The smallest absolute Gasteiger partial charge is 0.383 e. The monoisotopic (exact) mass is 501 g/mol. The summed E-state index contributed by atoms with van der Waals surface area (Å²) in [5.41, 5.74) is -4.08. The Kier molecular flexibility index (Phi) is 7.71. The highest BCUT2D eigenvalue weighted by atomic mass is 79.9. The fraction of sp³-hybridized carbons (Fsp3) is 0.438. The van der Waals surface area contributed by atoms with Crippen molar-refractivity contribution >= 4 is 50.9 Å². The zero-order chi connectivity index (χ0) is 21.1. The number of hydrogen-bond acceptors (Lipinski definition) is 5. The lowest BCUT2D eigenvalue weighted by atomic mass is 10.1. The van der Waals surface area contributed by atoms with E-state index in [0.717, 1.165) is 0 Å². The van der Waals surface area contributed by atoms with Crippen LogP contribution in [0.25, 0.3) is 10.1 Å². The summed E-state index contributed by atoms with van der Waals surface area (Å²) in [5, 5.41) is 0.275. The van der Waals surface area contributed by atoms with E-state index in [1.54, 1.807) is 0 Å². The standard InChI is InChI=1S/C16H19BrF2NO6PS/c1-25-7-5-20(6-8-26-2)15(21)10-3-4-12-11(9-10)13(17)14(28-12)16(18,19)27(22,23)24/h3-4,9H,5-8H2,1-2H3,(H2,22,23,24). The lowest BCUT2D eigenvalue weighted by molar-refractivity contribution is 0.0595. The maximum absolute atomic E-state index is 14.1. The molecule has 12 heteroatoms. The largest absolute Gasteiger partial charge is 0.400 e. The summed E-state index contributed by atoms with van der Waals surface area (Å²) in [6.45, 7) is 1.28. The summed E-state index contributed by atoms with van der Waals surface area (Å²) >= 11 is 3.57. The summed E-state index contributed by atoms with van der Waals surface area (Å²) in [4.78, 5) is 31.5. The van der Waals surface area contributed by atoms with Gasteiger partial charge in [0.2, 0.25) is 0 Å². The van der Waals surface area contributed by atoms with Crippen molar-refractivity contribution in [1.29, 1.82) is 0 Å². The van der Waals surface area contributed by atoms with E-state index in [2.05, 4.69) is 15.9 Å².